The predicted molar refractivity (Wildman–Crippen MR) is 122 cm³/mol. The van der Waals surface area contributed by atoms with Gasteiger partial charge in [-0.3, -0.25) is 4.90 Å². The van der Waals surface area contributed by atoms with Crippen molar-refractivity contribution in [2.75, 3.05) is 18.4 Å². The summed E-state index contributed by atoms with van der Waals surface area (Å²) in [6, 6.07) is 19.5. The van der Waals surface area contributed by atoms with Crippen LogP contribution in [0, 0.1) is 0 Å². The van der Waals surface area contributed by atoms with Gasteiger partial charge in [-0.2, -0.15) is 4.52 Å². The van der Waals surface area contributed by atoms with Gasteiger partial charge in [0.05, 0.1) is 5.52 Å². The SMILES string of the molecule is C[C@@H]1CCC[C@H](C)N1CCNc1nc2ccccc2c2nc(-c3ccccc3)nn12. The molecule has 0 aliphatic carbocycles. The van der Waals surface area contributed by atoms with Crippen molar-refractivity contribution in [2.45, 2.75) is 45.2 Å². The van der Waals surface area contributed by atoms with Crippen LogP contribution in [0.2, 0.25) is 0 Å². The third-order valence-corrected chi connectivity index (χ3v) is 6.24. The number of likely N-dealkylation sites (tertiary alicyclic amines) is 1. The van der Waals surface area contributed by atoms with Gasteiger partial charge in [0.15, 0.2) is 11.5 Å². The van der Waals surface area contributed by atoms with Gasteiger partial charge in [0, 0.05) is 36.1 Å². The number of fused-ring (bicyclic) bond motifs is 3. The number of rotatable bonds is 5. The summed E-state index contributed by atoms with van der Waals surface area (Å²) < 4.78 is 1.85. The Morgan fingerprint density at radius 1 is 0.933 bits per heavy atom. The molecule has 2 aromatic heterocycles. The lowest BCUT2D eigenvalue weighted by Gasteiger charge is -2.39. The summed E-state index contributed by atoms with van der Waals surface area (Å²) in [5, 5.41) is 9.35. The predicted octanol–water partition coefficient (Wildman–Crippen LogP) is 4.62. The lowest BCUT2D eigenvalue weighted by atomic mass is 9.98. The zero-order chi connectivity index (χ0) is 20.5. The summed E-state index contributed by atoms with van der Waals surface area (Å²) in [4.78, 5) is 12.3. The Bertz CT molecular complexity index is 1140. The molecule has 30 heavy (non-hydrogen) atoms. The van der Waals surface area contributed by atoms with Crippen molar-refractivity contribution in [3.8, 4) is 11.4 Å². The standard InChI is InChI=1S/C24H28N6/c1-17-9-8-10-18(2)29(17)16-15-25-24-26-21-14-7-6-13-20(21)23-27-22(28-30(23)24)19-11-4-3-5-12-19/h3-7,11-14,17-18H,8-10,15-16H2,1-2H3,(H,25,26)/t17-,18+. The molecule has 154 valence electrons. The zero-order valence-corrected chi connectivity index (χ0v) is 17.6. The maximum Gasteiger partial charge on any atom is 0.226 e. The maximum atomic E-state index is 4.86. The van der Waals surface area contributed by atoms with Gasteiger partial charge in [-0.05, 0) is 38.8 Å². The molecule has 0 saturated carbocycles. The first-order valence-corrected chi connectivity index (χ1v) is 10.9. The topological polar surface area (TPSA) is 58.3 Å². The molecule has 2 aromatic carbocycles. The van der Waals surface area contributed by atoms with Crippen molar-refractivity contribution in [1.82, 2.24) is 24.5 Å². The molecule has 2 atom stereocenters. The van der Waals surface area contributed by atoms with E-state index in [1.54, 1.807) is 0 Å². The summed E-state index contributed by atoms with van der Waals surface area (Å²) >= 11 is 0. The molecule has 4 aromatic rings. The van der Waals surface area contributed by atoms with Gasteiger partial charge in [0.2, 0.25) is 5.95 Å². The fourth-order valence-electron chi connectivity index (χ4n) is 4.59. The second kappa shape index (κ2) is 8.03. The normalized spacial score (nSPS) is 20.1. The lowest BCUT2D eigenvalue weighted by molar-refractivity contribution is 0.109. The van der Waals surface area contributed by atoms with Gasteiger partial charge in [-0.1, -0.05) is 48.9 Å². The smallest absolute Gasteiger partial charge is 0.226 e. The maximum absolute atomic E-state index is 4.86. The van der Waals surface area contributed by atoms with Gasteiger partial charge in [0.1, 0.15) is 0 Å². The van der Waals surface area contributed by atoms with Crippen LogP contribution in [0.5, 0.6) is 0 Å². The largest absolute Gasteiger partial charge is 0.353 e. The number of nitrogens with zero attached hydrogens (tertiary/aromatic N) is 5. The highest BCUT2D eigenvalue weighted by atomic mass is 15.4. The number of hydrogen-bond donors (Lipinski definition) is 1. The van der Waals surface area contributed by atoms with Crippen LogP contribution in [0.1, 0.15) is 33.1 Å². The van der Waals surface area contributed by atoms with Crippen LogP contribution in [-0.2, 0) is 0 Å². The van der Waals surface area contributed by atoms with Gasteiger partial charge >= 0.3 is 0 Å². The summed E-state index contributed by atoms with van der Waals surface area (Å²) in [6.07, 6.45) is 3.90. The Labute approximate surface area is 177 Å². The lowest BCUT2D eigenvalue weighted by Crippen LogP contribution is -2.45. The summed E-state index contributed by atoms with van der Waals surface area (Å²) in [7, 11) is 0. The quantitative estimate of drug-likeness (QED) is 0.530. The zero-order valence-electron chi connectivity index (χ0n) is 17.6. The fraction of sp³-hybridized carbons (Fsp3) is 0.375. The number of piperidine rings is 1. The molecule has 0 bridgehead atoms. The number of aromatic nitrogens is 4. The van der Waals surface area contributed by atoms with E-state index in [2.05, 4.69) is 30.1 Å². The van der Waals surface area contributed by atoms with Crippen LogP contribution in [0.15, 0.2) is 54.6 Å². The molecule has 0 spiro atoms. The number of nitrogens with one attached hydrogen (secondary N) is 1. The Kier molecular flexibility index (Phi) is 5.09. The van der Waals surface area contributed by atoms with Crippen LogP contribution in [0.3, 0.4) is 0 Å². The highest BCUT2D eigenvalue weighted by molar-refractivity contribution is 5.92. The average molecular weight is 401 g/mol. The van der Waals surface area contributed by atoms with E-state index >= 15 is 0 Å². The van der Waals surface area contributed by atoms with Gasteiger partial charge < -0.3 is 5.32 Å². The van der Waals surface area contributed by atoms with Crippen molar-refractivity contribution >= 4 is 22.5 Å². The fourth-order valence-corrected chi connectivity index (χ4v) is 4.59. The van der Waals surface area contributed by atoms with E-state index < -0.39 is 0 Å². The molecule has 1 aliphatic rings. The van der Waals surface area contributed by atoms with Gasteiger partial charge in [0.25, 0.3) is 0 Å². The van der Waals surface area contributed by atoms with Crippen LogP contribution in [-0.4, -0.2) is 49.7 Å². The van der Waals surface area contributed by atoms with Gasteiger partial charge in [-0.25, -0.2) is 9.97 Å². The van der Waals surface area contributed by atoms with Crippen molar-refractivity contribution < 1.29 is 0 Å². The van der Waals surface area contributed by atoms with E-state index in [1.807, 2.05) is 53.0 Å². The van der Waals surface area contributed by atoms with Crippen molar-refractivity contribution in [3.05, 3.63) is 54.6 Å². The molecule has 1 saturated heterocycles. The summed E-state index contributed by atoms with van der Waals surface area (Å²) in [5.74, 6) is 1.46. The van der Waals surface area contributed by atoms with Gasteiger partial charge in [-0.15, -0.1) is 5.10 Å². The van der Waals surface area contributed by atoms with E-state index in [9.17, 15) is 0 Å². The highest BCUT2D eigenvalue weighted by Crippen LogP contribution is 2.25. The molecule has 1 fully saturated rings. The Balaban J connectivity index is 1.48. The van der Waals surface area contributed by atoms with Crippen molar-refractivity contribution in [3.63, 3.8) is 0 Å². The minimum atomic E-state index is 0.635. The minimum absolute atomic E-state index is 0.635. The van der Waals surface area contributed by atoms with E-state index in [-0.39, 0.29) is 0 Å². The van der Waals surface area contributed by atoms with Crippen molar-refractivity contribution in [1.29, 1.82) is 0 Å². The monoisotopic (exact) mass is 400 g/mol. The molecule has 6 nitrogen and oxygen atoms in total. The van der Waals surface area contributed by atoms with E-state index in [1.165, 1.54) is 19.3 Å². The molecular formula is C24H28N6. The molecule has 0 radical (unpaired) electrons. The molecule has 5 rings (SSSR count). The second-order valence-corrected chi connectivity index (χ2v) is 8.28. The first-order valence-electron chi connectivity index (χ1n) is 10.9. The molecule has 0 unspecified atom stereocenters. The molecule has 6 heteroatoms. The Morgan fingerprint density at radius 3 is 2.47 bits per heavy atom. The van der Waals surface area contributed by atoms with Crippen molar-refractivity contribution in [2.24, 2.45) is 0 Å². The van der Waals surface area contributed by atoms with E-state index in [0.717, 1.165) is 47.0 Å². The molecule has 1 aliphatic heterocycles. The van der Waals surface area contributed by atoms with Crippen LogP contribution in [0.4, 0.5) is 5.95 Å². The molecule has 3 heterocycles. The van der Waals surface area contributed by atoms with E-state index in [4.69, 9.17) is 15.1 Å². The summed E-state index contributed by atoms with van der Waals surface area (Å²) in [5.41, 5.74) is 2.77. The molecule has 0 amide bonds. The van der Waals surface area contributed by atoms with Crippen LogP contribution < -0.4 is 5.32 Å². The van der Waals surface area contributed by atoms with Crippen LogP contribution >= 0.6 is 0 Å². The summed E-state index contributed by atoms with van der Waals surface area (Å²) in [6.45, 7) is 6.51. The average Bonchev–Trinajstić information content (AvgIpc) is 3.22. The minimum Gasteiger partial charge on any atom is -0.353 e. The first-order chi connectivity index (χ1) is 14.7. The third kappa shape index (κ3) is 3.52. The van der Waals surface area contributed by atoms with E-state index in [0.29, 0.717) is 12.1 Å². The first kappa shape index (κ1) is 19.0. The number of hydrogen-bond acceptors (Lipinski definition) is 5. The molecule has 1 N–H and O–H groups in total. The third-order valence-electron chi connectivity index (χ3n) is 6.24. The van der Waals surface area contributed by atoms with Crippen LogP contribution in [0.25, 0.3) is 27.9 Å². The Morgan fingerprint density at radius 2 is 1.67 bits per heavy atom. The number of para-hydroxylation sites is 1. The number of benzene rings is 2. The Hall–Kier alpha value is -2.99. The second-order valence-electron chi connectivity index (χ2n) is 8.28. The molecular weight excluding hydrogens is 372 g/mol. The number of anilines is 1. The highest BCUT2D eigenvalue weighted by Gasteiger charge is 2.24.